The molecule has 0 aromatic heterocycles. The number of nitrogens with one attached hydrogen (secondary N) is 1. The number of rotatable bonds is 1. The summed E-state index contributed by atoms with van der Waals surface area (Å²) in [7, 11) is 0. The maximum absolute atomic E-state index is 12.5. The van der Waals surface area contributed by atoms with Crippen molar-refractivity contribution < 1.29 is 14.4 Å². The third kappa shape index (κ3) is 2.44. The predicted molar refractivity (Wildman–Crippen MR) is 77.0 cm³/mol. The van der Waals surface area contributed by atoms with Crippen molar-refractivity contribution in [1.29, 1.82) is 0 Å². The van der Waals surface area contributed by atoms with Crippen LogP contribution in [0.2, 0.25) is 0 Å². The number of hydrogen-bond donors (Lipinski definition) is 1. The van der Waals surface area contributed by atoms with E-state index in [9.17, 15) is 14.4 Å². The largest absolute Gasteiger partial charge is 0.322 e. The average molecular weight is 286 g/mol. The molecule has 2 heterocycles. The van der Waals surface area contributed by atoms with E-state index in [4.69, 9.17) is 0 Å². The van der Waals surface area contributed by atoms with Crippen molar-refractivity contribution in [2.45, 2.75) is 32.7 Å². The van der Waals surface area contributed by atoms with E-state index in [2.05, 4.69) is 25.2 Å². The fourth-order valence-corrected chi connectivity index (χ4v) is 2.85. The summed E-state index contributed by atoms with van der Waals surface area (Å²) in [5.74, 6) is -0.761. The van der Waals surface area contributed by atoms with Gasteiger partial charge in [-0.3, -0.25) is 19.7 Å². The molecule has 21 heavy (non-hydrogen) atoms. The number of imide groups is 1. The molecular weight excluding hydrogens is 268 g/mol. The highest BCUT2D eigenvalue weighted by Gasteiger charge is 2.39. The molecule has 3 aliphatic rings. The number of piperidine rings is 1. The predicted octanol–water partition coefficient (Wildman–Crippen LogP) is 1.08. The summed E-state index contributed by atoms with van der Waals surface area (Å²) in [4.78, 5) is 37.3. The Morgan fingerprint density at radius 2 is 1.90 bits per heavy atom. The summed E-state index contributed by atoms with van der Waals surface area (Å²) in [6, 6.07) is -0.545. The van der Waals surface area contributed by atoms with E-state index < -0.39 is 6.04 Å². The molecule has 3 amide bonds. The van der Waals surface area contributed by atoms with Crippen molar-refractivity contribution in [3.63, 3.8) is 0 Å². The lowest BCUT2D eigenvalue weighted by molar-refractivity contribution is -0.142. The van der Waals surface area contributed by atoms with Crippen molar-refractivity contribution in [1.82, 2.24) is 10.2 Å². The van der Waals surface area contributed by atoms with Gasteiger partial charge in [-0.05, 0) is 12.0 Å². The topological polar surface area (TPSA) is 66.5 Å². The molecule has 1 N–H and O–H groups in total. The molecule has 5 nitrogen and oxygen atoms in total. The highest BCUT2D eigenvalue weighted by Crippen LogP contribution is 2.31. The molecule has 0 spiro atoms. The van der Waals surface area contributed by atoms with E-state index in [1.54, 1.807) is 4.90 Å². The smallest absolute Gasteiger partial charge is 0.255 e. The molecule has 2 aliphatic heterocycles. The van der Waals surface area contributed by atoms with Crippen LogP contribution in [-0.4, -0.2) is 35.2 Å². The van der Waals surface area contributed by atoms with Crippen LogP contribution in [0.4, 0.5) is 0 Å². The molecule has 1 fully saturated rings. The van der Waals surface area contributed by atoms with E-state index in [1.165, 1.54) is 0 Å². The second-order valence-corrected chi connectivity index (χ2v) is 6.33. The van der Waals surface area contributed by atoms with E-state index in [1.807, 2.05) is 18.2 Å². The summed E-state index contributed by atoms with van der Waals surface area (Å²) >= 11 is 0. The first-order valence-electron chi connectivity index (χ1n) is 7.14. The van der Waals surface area contributed by atoms with Gasteiger partial charge < -0.3 is 4.90 Å². The molecule has 0 bridgehead atoms. The zero-order valence-electron chi connectivity index (χ0n) is 12.2. The molecule has 1 aliphatic carbocycles. The summed E-state index contributed by atoms with van der Waals surface area (Å²) in [5, 5.41) is 2.31. The van der Waals surface area contributed by atoms with Gasteiger partial charge in [-0.2, -0.15) is 0 Å². The summed E-state index contributed by atoms with van der Waals surface area (Å²) in [6.45, 7) is 4.58. The Morgan fingerprint density at radius 1 is 1.19 bits per heavy atom. The van der Waals surface area contributed by atoms with Crippen LogP contribution in [-0.2, 0) is 14.4 Å². The SMILES string of the molecule is CC1(C)C=CC2=C(C=C1)C(=O)N(C1CCC(=O)NC1=O)C2. The lowest BCUT2D eigenvalue weighted by atomic mass is 9.93. The second kappa shape index (κ2) is 4.69. The molecule has 5 heteroatoms. The monoisotopic (exact) mass is 286 g/mol. The normalized spacial score (nSPS) is 27.8. The molecule has 0 aromatic rings. The van der Waals surface area contributed by atoms with Gasteiger partial charge in [-0.25, -0.2) is 0 Å². The molecule has 0 saturated carbocycles. The second-order valence-electron chi connectivity index (χ2n) is 6.33. The van der Waals surface area contributed by atoms with E-state index in [0.717, 1.165) is 5.57 Å². The number of carbonyl (C=O) groups excluding carboxylic acids is 3. The third-order valence-corrected chi connectivity index (χ3v) is 4.16. The lowest BCUT2D eigenvalue weighted by Gasteiger charge is -2.30. The van der Waals surface area contributed by atoms with Gasteiger partial charge in [0.25, 0.3) is 5.91 Å². The highest BCUT2D eigenvalue weighted by molar-refractivity contribution is 6.06. The van der Waals surface area contributed by atoms with Crippen LogP contribution in [0.15, 0.2) is 35.5 Å². The molecule has 1 atom stereocenters. The van der Waals surface area contributed by atoms with Crippen molar-refractivity contribution in [3.8, 4) is 0 Å². The van der Waals surface area contributed by atoms with Crippen molar-refractivity contribution in [2.24, 2.45) is 5.41 Å². The third-order valence-electron chi connectivity index (χ3n) is 4.16. The summed E-state index contributed by atoms with van der Waals surface area (Å²) in [5.41, 5.74) is 1.51. The van der Waals surface area contributed by atoms with Crippen LogP contribution >= 0.6 is 0 Å². The van der Waals surface area contributed by atoms with Crippen molar-refractivity contribution in [2.75, 3.05) is 6.54 Å². The van der Waals surface area contributed by atoms with Gasteiger partial charge in [-0.1, -0.05) is 38.2 Å². The Hall–Kier alpha value is -2.17. The van der Waals surface area contributed by atoms with E-state index >= 15 is 0 Å². The van der Waals surface area contributed by atoms with Crippen LogP contribution in [0.5, 0.6) is 0 Å². The van der Waals surface area contributed by atoms with Gasteiger partial charge in [0, 0.05) is 24.0 Å². The lowest BCUT2D eigenvalue weighted by Crippen LogP contribution is -2.53. The number of amides is 3. The molecule has 3 rings (SSSR count). The summed E-state index contributed by atoms with van der Waals surface area (Å²) in [6.07, 6.45) is 8.56. The van der Waals surface area contributed by atoms with Crippen LogP contribution in [0.1, 0.15) is 26.7 Å². The fourth-order valence-electron chi connectivity index (χ4n) is 2.85. The molecule has 1 saturated heterocycles. The van der Waals surface area contributed by atoms with Gasteiger partial charge >= 0.3 is 0 Å². The van der Waals surface area contributed by atoms with Gasteiger partial charge in [-0.15, -0.1) is 0 Å². The van der Waals surface area contributed by atoms with Gasteiger partial charge in [0.2, 0.25) is 11.8 Å². The zero-order valence-corrected chi connectivity index (χ0v) is 12.2. The first-order valence-corrected chi connectivity index (χ1v) is 7.14. The average Bonchev–Trinajstić information content (AvgIpc) is 2.62. The van der Waals surface area contributed by atoms with Crippen LogP contribution in [0.3, 0.4) is 0 Å². The van der Waals surface area contributed by atoms with Gasteiger partial charge in [0.1, 0.15) is 6.04 Å². The van der Waals surface area contributed by atoms with Gasteiger partial charge in [0.05, 0.1) is 0 Å². The quantitative estimate of drug-likeness (QED) is 0.734. The fraction of sp³-hybridized carbons (Fsp3) is 0.438. The molecule has 110 valence electrons. The minimum atomic E-state index is -0.545. The Balaban J connectivity index is 1.83. The van der Waals surface area contributed by atoms with Gasteiger partial charge in [0.15, 0.2) is 0 Å². The standard InChI is InChI=1S/C16H18N2O3/c1-16(2)7-5-10-9-18(15(21)11(10)6-8-16)12-3-4-13(19)17-14(12)20/h5-8,12H,3-4,9H2,1-2H3,(H,17,19,20). The Labute approximate surface area is 123 Å². The molecule has 1 unspecified atom stereocenters. The number of allylic oxidation sites excluding steroid dienone is 2. The Bertz CT molecular complexity index is 625. The Morgan fingerprint density at radius 3 is 2.62 bits per heavy atom. The number of hydrogen-bond acceptors (Lipinski definition) is 3. The van der Waals surface area contributed by atoms with Crippen molar-refractivity contribution in [3.05, 3.63) is 35.5 Å². The Kier molecular flexibility index (Phi) is 3.08. The highest BCUT2D eigenvalue weighted by atomic mass is 16.2. The first kappa shape index (κ1) is 13.8. The number of carbonyl (C=O) groups is 3. The molecule has 0 radical (unpaired) electrons. The maximum Gasteiger partial charge on any atom is 0.255 e. The summed E-state index contributed by atoms with van der Waals surface area (Å²) < 4.78 is 0. The van der Waals surface area contributed by atoms with Crippen LogP contribution in [0.25, 0.3) is 0 Å². The maximum atomic E-state index is 12.5. The first-order chi connectivity index (χ1) is 9.87. The van der Waals surface area contributed by atoms with Crippen LogP contribution in [0, 0.1) is 5.41 Å². The minimum Gasteiger partial charge on any atom is -0.322 e. The minimum absolute atomic E-state index is 0.0793. The van der Waals surface area contributed by atoms with E-state index in [-0.39, 0.29) is 29.6 Å². The molecular formula is C16H18N2O3. The number of nitrogens with zero attached hydrogens (tertiary/aromatic N) is 1. The van der Waals surface area contributed by atoms with Crippen LogP contribution < -0.4 is 5.32 Å². The zero-order chi connectivity index (χ0) is 15.2. The van der Waals surface area contributed by atoms with Crippen molar-refractivity contribution >= 4 is 17.7 Å². The van der Waals surface area contributed by atoms with E-state index in [0.29, 0.717) is 18.5 Å². The molecule has 0 aromatic carbocycles.